The Morgan fingerprint density at radius 2 is 1.81 bits per heavy atom. The third-order valence-electron chi connectivity index (χ3n) is 3.67. The second-order valence-corrected chi connectivity index (χ2v) is 4.80. The highest BCUT2D eigenvalue weighted by Gasteiger charge is 2.34. The maximum absolute atomic E-state index is 6.05. The number of ether oxygens (including phenoxy) is 2. The van der Waals surface area contributed by atoms with Crippen LogP contribution in [0.25, 0.3) is 0 Å². The highest BCUT2D eigenvalue weighted by molar-refractivity contribution is 5.16. The van der Waals surface area contributed by atoms with Crippen molar-refractivity contribution in [2.75, 3.05) is 6.61 Å². The number of hydrogen-bond acceptors (Lipinski definition) is 2. The first-order chi connectivity index (χ1) is 7.93. The van der Waals surface area contributed by atoms with E-state index in [4.69, 9.17) is 9.47 Å². The molecule has 2 heteroatoms. The Labute approximate surface area is 96.6 Å². The molecule has 0 radical (unpaired) electrons. The van der Waals surface area contributed by atoms with Crippen molar-refractivity contribution in [2.45, 2.75) is 38.1 Å². The minimum atomic E-state index is -0.138. The maximum atomic E-state index is 6.05. The van der Waals surface area contributed by atoms with Crippen molar-refractivity contribution in [2.24, 2.45) is 5.92 Å². The topological polar surface area (TPSA) is 18.5 Å². The molecule has 0 bridgehead atoms. The SMILES string of the molecule is c1ccc([C@H]2OC[C@H]3CCCC[C@H]3O2)cc1. The molecule has 2 fully saturated rings. The molecule has 86 valence electrons. The molecule has 0 spiro atoms. The van der Waals surface area contributed by atoms with Crippen LogP contribution in [-0.2, 0) is 9.47 Å². The van der Waals surface area contributed by atoms with E-state index in [2.05, 4.69) is 12.1 Å². The smallest absolute Gasteiger partial charge is 0.184 e. The van der Waals surface area contributed by atoms with E-state index >= 15 is 0 Å². The van der Waals surface area contributed by atoms with Crippen LogP contribution in [0.15, 0.2) is 30.3 Å². The van der Waals surface area contributed by atoms with E-state index in [0.717, 1.165) is 12.2 Å². The van der Waals surface area contributed by atoms with Gasteiger partial charge < -0.3 is 9.47 Å². The lowest BCUT2D eigenvalue weighted by Gasteiger charge is -2.39. The molecule has 2 nitrogen and oxygen atoms in total. The van der Waals surface area contributed by atoms with Crippen LogP contribution in [0.5, 0.6) is 0 Å². The van der Waals surface area contributed by atoms with Gasteiger partial charge in [0.25, 0.3) is 0 Å². The largest absolute Gasteiger partial charge is 0.348 e. The van der Waals surface area contributed by atoms with E-state index < -0.39 is 0 Å². The standard InChI is InChI=1S/C14H18O2/c1-2-6-11(7-3-1)14-15-10-12-8-4-5-9-13(12)16-14/h1-3,6-7,12-14H,4-5,8-10H2/t12-,13-,14+/m1/s1. The van der Waals surface area contributed by atoms with Crippen LogP contribution in [0.3, 0.4) is 0 Å². The molecule has 3 rings (SSSR count). The lowest BCUT2D eigenvalue weighted by atomic mass is 9.86. The second-order valence-electron chi connectivity index (χ2n) is 4.80. The first kappa shape index (κ1) is 10.3. The second kappa shape index (κ2) is 4.56. The van der Waals surface area contributed by atoms with Gasteiger partial charge in [0.05, 0.1) is 12.7 Å². The molecule has 0 amide bonds. The van der Waals surface area contributed by atoms with E-state index in [0.29, 0.717) is 12.0 Å². The van der Waals surface area contributed by atoms with Crippen LogP contribution in [-0.4, -0.2) is 12.7 Å². The number of fused-ring (bicyclic) bond motifs is 1. The fourth-order valence-electron chi connectivity index (χ4n) is 2.74. The summed E-state index contributed by atoms with van der Waals surface area (Å²) in [5.74, 6) is 0.633. The Balaban J connectivity index is 1.71. The summed E-state index contributed by atoms with van der Waals surface area (Å²) in [5, 5.41) is 0. The molecule has 0 aromatic heterocycles. The highest BCUT2D eigenvalue weighted by atomic mass is 16.7. The van der Waals surface area contributed by atoms with Crippen molar-refractivity contribution in [3.8, 4) is 0 Å². The van der Waals surface area contributed by atoms with Crippen molar-refractivity contribution in [1.29, 1.82) is 0 Å². The van der Waals surface area contributed by atoms with Gasteiger partial charge in [-0.05, 0) is 12.8 Å². The first-order valence-electron chi connectivity index (χ1n) is 6.25. The molecule has 1 aliphatic carbocycles. The fraction of sp³-hybridized carbons (Fsp3) is 0.571. The molecule has 1 aromatic rings. The Morgan fingerprint density at radius 1 is 1.00 bits per heavy atom. The zero-order valence-electron chi connectivity index (χ0n) is 9.47. The summed E-state index contributed by atoms with van der Waals surface area (Å²) >= 11 is 0. The maximum Gasteiger partial charge on any atom is 0.184 e. The van der Waals surface area contributed by atoms with E-state index in [1.165, 1.54) is 25.7 Å². The molecule has 2 aliphatic rings. The van der Waals surface area contributed by atoms with E-state index in [1.54, 1.807) is 0 Å². The molecule has 3 atom stereocenters. The quantitative estimate of drug-likeness (QED) is 0.720. The Bertz CT molecular complexity index is 336. The third-order valence-corrected chi connectivity index (χ3v) is 3.67. The summed E-state index contributed by atoms with van der Waals surface area (Å²) in [5.41, 5.74) is 1.14. The molecule has 0 N–H and O–H groups in total. The van der Waals surface area contributed by atoms with Crippen molar-refractivity contribution in [3.63, 3.8) is 0 Å². The summed E-state index contributed by atoms with van der Waals surface area (Å²) in [6.07, 6.45) is 5.41. The number of benzene rings is 1. The van der Waals surface area contributed by atoms with Crippen LogP contribution >= 0.6 is 0 Å². The summed E-state index contributed by atoms with van der Waals surface area (Å²) in [4.78, 5) is 0. The lowest BCUT2D eigenvalue weighted by molar-refractivity contribution is -0.248. The summed E-state index contributed by atoms with van der Waals surface area (Å²) < 4.78 is 11.9. The van der Waals surface area contributed by atoms with Crippen molar-refractivity contribution in [3.05, 3.63) is 35.9 Å². The van der Waals surface area contributed by atoms with Gasteiger partial charge in [-0.15, -0.1) is 0 Å². The monoisotopic (exact) mass is 218 g/mol. The minimum absolute atomic E-state index is 0.138. The normalized spacial score (nSPS) is 34.4. The summed E-state index contributed by atoms with van der Waals surface area (Å²) in [6.45, 7) is 0.865. The van der Waals surface area contributed by atoms with Gasteiger partial charge in [0.1, 0.15) is 0 Å². The van der Waals surface area contributed by atoms with Crippen LogP contribution < -0.4 is 0 Å². The van der Waals surface area contributed by atoms with Gasteiger partial charge in [0.2, 0.25) is 0 Å². The van der Waals surface area contributed by atoms with Gasteiger partial charge in [-0.3, -0.25) is 0 Å². The van der Waals surface area contributed by atoms with Crippen molar-refractivity contribution >= 4 is 0 Å². The van der Waals surface area contributed by atoms with Crippen LogP contribution in [0.2, 0.25) is 0 Å². The lowest BCUT2D eigenvalue weighted by Crippen LogP contribution is -2.38. The van der Waals surface area contributed by atoms with Gasteiger partial charge in [-0.1, -0.05) is 43.2 Å². The molecular weight excluding hydrogens is 200 g/mol. The van der Waals surface area contributed by atoms with Gasteiger partial charge in [-0.2, -0.15) is 0 Å². The Morgan fingerprint density at radius 3 is 2.69 bits per heavy atom. The Hall–Kier alpha value is -0.860. The molecule has 1 saturated carbocycles. The average molecular weight is 218 g/mol. The predicted molar refractivity (Wildman–Crippen MR) is 62.0 cm³/mol. The van der Waals surface area contributed by atoms with Gasteiger partial charge in [-0.25, -0.2) is 0 Å². The fourth-order valence-corrected chi connectivity index (χ4v) is 2.74. The van der Waals surface area contributed by atoms with Crippen LogP contribution in [0, 0.1) is 5.92 Å². The molecule has 1 saturated heterocycles. The van der Waals surface area contributed by atoms with E-state index in [9.17, 15) is 0 Å². The van der Waals surface area contributed by atoms with Crippen molar-refractivity contribution in [1.82, 2.24) is 0 Å². The molecule has 0 unspecified atom stereocenters. The first-order valence-corrected chi connectivity index (χ1v) is 6.25. The highest BCUT2D eigenvalue weighted by Crippen LogP contribution is 2.36. The zero-order chi connectivity index (χ0) is 10.8. The van der Waals surface area contributed by atoms with Crippen LogP contribution in [0.4, 0.5) is 0 Å². The zero-order valence-corrected chi connectivity index (χ0v) is 9.47. The number of rotatable bonds is 1. The summed E-state index contributed by atoms with van der Waals surface area (Å²) in [7, 11) is 0. The molecule has 1 aromatic carbocycles. The molecule has 16 heavy (non-hydrogen) atoms. The summed E-state index contributed by atoms with van der Waals surface area (Å²) in [6, 6.07) is 10.3. The van der Waals surface area contributed by atoms with Gasteiger partial charge in [0, 0.05) is 11.5 Å². The van der Waals surface area contributed by atoms with Crippen molar-refractivity contribution < 1.29 is 9.47 Å². The van der Waals surface area contributed by atoms with Crippen LogP contribution in [0.1, 0.15) is 37.5 Å². The van der Waals surface area contributed by atoms with E-state index in [-0.39, 0.29) is 6.29 Å². The average Bonchev–Trinajstić information content (AvgIpc) is 2.39. The minimum Gasteiger partial charge on any atom is -0.348 e. The molecule has 1 aliphatic heterocycles. The Kier molecular flexibility index (Phi) is 2.94. The molecular formula is C14H18O2. The van der Waals surface area contributed by atoms with Gasteiger partial charge in [0.15, 0.2) is 6.29 Å². The number of hydrogen-bond donors (Lipinski definition) is 0. The third kappa shape index (κ3) is 2.00. The van der Waals surface area contributed by atoms with Gasteiger partial charge >= 0.3 is 0 Å². The molecule has 1 heterocycles. The van der Waals surface area contributed by atoms with E-state index in [1.807, 2.05) is 18.2 Å². The predicted octanol–water partition coefficient (Wildman–Crippen LogP) is 3.29.